The predicted octanol–water partition coefficient (Wildman–Crippen LogP) is 3.66. The van der Waals surface area contributed by atoms with Crippen LogP contribution in [0.2, 0.25) is 0 Å². The molecule has 1 unspecified atom stereocenters. The molecular weight excluding hydrogens is 339 g/mol. The Bertz CT molecular complexity index is 1170. The van der Waals surface area contributed by atoms with E-state index in [-0.39, 0.29) is 11.9 Å². The SMILES string of the molecule is CCC1=NNc2[nH]cc3c2C(=c2ccccc2=NC3c2ccc(F)cc2)C1. The summed E-state index contributed by atoms with van der Waals surface area (Å²) in [4.78, 5) is 8.40. The van der Waals surface area contributed by atoms with E-state index in [1.807, 2.05) is 30.5 Å². The maximum absolute atomic E-state index is 13.5. The van der Waals surface area contributed by atoms with Gasteiger partial charge in [-0.15, -0.1) is 0 Å². The fraction of sp³-hybridized carbons (Fsp3) is 0.182. The third-order valence-electron chi connectivity index (χ3n) is 5.30. The molecule has 5 heteroatoms. The Hall–Kier alpha value is -3.21. The Morgan fingerprint density at radius 1 is 1.11 bits per heavy atom. The lowest BCUT2D eigenvalue weighted by Crippen LogP contribution is -2.27. The van der Waals surface area contributed by atoms with Crippen LogP contribution in [0.15, 0.2) is 64.8 Å². The summed E-state index contributed by atoms with van der Waals surface area (Å²) in [6.07, 6.45) is 3.66. The molecule has 0 radical (unpaired) electrons. The van der Waals surface area contributed by atoms with Gasteiger partial charge in [-0.1, -0.05) is 37.3 Å². The molecule has 4 nitrogen and oxygen atoms in total. The molecule has 3 heterocycles. The zero-order valence-electron chi connectivity index (χ0n) is 15.0. The van der Waals surface area contributed by atoms with Gasteiger partial charge in [0.15, 0.2) is 0 Å². The standard InChI is InChI=1S/C22H19FN4/c1-2-15-11-17-16-5-3-4-6-19(16)25-21(13-7-9-14(23)10-8-13)18-12-24-22(20(17)18)27-26-15/h3-10,12,21,24,27H,2,11H2,1H3. The van der Waals surface area contributed by atoms with Crippen LogP contribution in [0.5, 0.6) is 0 Å². The molecule has 0 saturated heterocycles. The summed E-state index contributed by atoms with van der Waals surface area (Å²) in [7, 11) is 0. The molecule has 2 N–H and O–H groups in total. The molecule has 2 aliphatic rings. The van der Waals surface area contributed by atoms with Crippen molar-refractivity contribution in [3.05, 3.63) is 87.8 Å². The fourth-order valence-electron chi connectivity index (χ4n) is 3.92. The number of nitrogens with zero attached hydrogens (tertiary/aromatic N) is 2. The van der Waals surface area contributed by atoms with E-state index in [0.29, 0.717) is 0 Å². The highest BCUT2D eigenvalue weighted by molar-refractivity contribution is 5.98. The third kappa shape index (κ3) is 2.58. The highest BCUT2D eigenvalue weighted by Gasteiger charge is 2.27. The van der Waals surface area contributed by atoms with Gasteiger partial charge < -0.3 is 4.98 Å². The number of rotatable bonds is 2. The number of fused-ring (bicyclic) bond motifs is 1. The highest BCUT2D eigenvalue weighted by atomic mass is 19.1. The average Bonchev–Trinajstić information content (AvgIpc) is 2.95. The Kier molecular flexibility index (Phi) is 3.67. The highest BCUT2D eigenvalue weighted by Crippen LogP contribution is 2.38. The molecule has 0 spiro atoms. The van der Waals surface area contributed by atoms with Crippen molar-refractivity contribution in [2.75, 3.05) is 5.43 Å². The quantitative estimate of drug-likeness (QED) is 0.722. The van der Waals surface area contributed by atoms with E-state index >= 15 is 0 Å². The first-order valence-corrected chi connectivity index (χ1v) is 9.19. The minimum absolute atomic E-state index is 0.200. The largest absolute Gasteiger partial charge is 0.346 e. The third-order valence-corrected chi connectivity index (χ3v) is 5.30. The summed E-state index contributed by atoms with van der Waals surface area (Å²) in [6, 6.07) is 14.7. The number of para-hydroxylation sites is 1. The number of aromatic amines is 1. The Morgan fingerprint density at radius 2 is 1.93 bits per heavy atom. The molecule has 27 heavy (non-hydrogen) atoms. The number of hydrogen-bond acceptors (Lipinski definition) is 3. The summed E-state index contributed by atoms with van der Waals surface area (Å²) >= 11 is 0. The minimum Gasteiger partial charge on any atom is -0.346 e. The van der Waals surface area contributed by atoms with Crippen LogP contribution in [-0.2, 0) is 0 Å². The average molecular weight is 358 g/mol. The number of anilines is 1. The van der Waals surface area contributed by atoms with Crippen LogP contribution in [0.4, 0.5) is 10.2 Å². The van der Waals surface area contributed by atoms with Crippen LogP contribution in [0.1, 0.15) is 42.5 Å². The number of benzene rings is 2. The van der Waals surface area contributed by atoms with Gasteiger partial charge in [-0.2, -0.15) is 5.10 Å². The Labute approximate surface area is 156 Å². The maximum atomic E-state index is 13.5. The van der Waals surface area contributed by atoms with E-state index in [2.05, 4.69) is 34.6 Å². The molecule has 1 aromatic heterocycles. The van der Waals surface area contributed by atoms with Gasteiger partial charge in [-0.3, -0.25) is 10.4 Å². The molecule has 0 saturated carbocycles. The van der Waals surface area contributed by atoms with E-state index < -0.39 is 0 Å². The van der Waals surface area contributed by atoms with Crippen molar-refractivity contribution in [2.24, 2.45) is 10.1 Å². The lowest BCUT2D eigenvalue weighted by molar-refractivity contribution is 0.626. The van der Waals surface area contributed by atoms with Crippen molar-refractivity contribution >= 4 is 17.1 Å². The maximum Gasteiger partial charge on any atom is 0.131 e. The normalized spacial score (nSPS) is 17.6. The molecule has 2 aromatic carbocycles. The van der Waals surface area contributed by atoms with Gasteiger partial charge in [-0.25, -0.2) is 4.39 Å². The minimum atomic E-state index is -0.240. The molecular formula is C22H19FN4. The van der Waals surface area contributed by atoms with E-state index in [9.17, 15) is 4.39 Å². The molecule has 5 rings (SSSR count). The zero-order valence-corrected chi connectivity index (χ0v) is 15.0. The summed E-state index contributed by atoms with van der Waals surface area (Å²) in [6.45, 7) is 2.12. The van der Waals surface area contributed by atoms with Crippen LogP contribution >= 0.6 is 0 Å². The Morgan fingerprint density at radius 3 is 2.74 bits per heavy atom. The summed E-state index contributed by atoms with van der Waals surface area (Å²) in [5.74, 6) is 0.651. The second-order valence-electron chi connectivity index (χ2n) is 6.89. The van der Waals surface area contributed by atoms with E-state index in [4.69, 9.17) is 4.99 Å². The summed E-state index contributed by atoms with van der Waals surface area (Å²) in [5.41, 5.74) is 8.72. The van der Waals surface area contributed by atoms with Gasteiger partial charge in [0.2, 0.25) is 0 Å². The van der Waals surface area contributed by atoms with E-state index in [1.165, 1.54) is 17.7 Å². The first-order chi connectivity index (χ1) is 13.2. The zero-order chi connectivity index (χ0) is 18.4. The van der Waals surface area contributed by atoms with Crippen LogP contribution < -0.4 is 16.0 Å². The topological polar surface area (TPSA) is 52.5 Å². The van der Waals surface area contributed by atoms with E-state index in [0.717, 1.165) is 51.6 Å². The summed E-state index contributed by atoms with van der Waals surface area (Å²) in [5, 5.41) is 6.66. The van der Waals surface area contributed by atoms with Crippen molar-refractivity contribution < 1.29 is 4.39 Å². The molecule has 1 atom stereocenters. The van der Waals surface area contributed by atoms with Crippen molar-refractivity contribution in [1.82, 2.24) is 4.98 Å². The van der Waals surface area contributed by atoms with Crippen LogP contribution in [0.3, 0.4) is 0 Å². The van der Waals surface area contributed by atoms with Gasteiger partial charge in [0.1, 0.15) is 17.7 Å². The summed E-state index contributed by atoms with van der Waals surface area (Å²) < 4.78 is 13.5. The fourth-order valence-corrected chi connectivity index (χ4v) is 3.92. The molecule has 0 fully saturated rings. The van der Waals surface area contributed by atoms with Crippen LogP contribution in [0.25, 0.3) is 5.57 Å². The number of halogens is 1. The first kappa shape index (κ1) is 16.0. The second-order valence-corrected chi connectivity index (χ2v) is 6.89. The van der Waals surface area contributed by atoms with Crippen molar-refractivity contribution in [3.8, 4) is 0 Å². The van der Waals surface area contributed by atoms with Gasteiger partial charge >= 0.3 is 0 Å². The molecule has 0 bridgehead atoms. The first-order valence-electron chi connectivity index (χ1n) is 9.19. The van der Waals surface area contributed by atoms with Crippen molar-refractivity contribution in [1.29, 1.82) is 0 Å². The monoisotopic (exact) mass is 358 g/mol. The number of aromatic nitrogens is 1. The van der Waals surface area contributed by atoms with Crippen LogP contribution in [-0.4, -0.2) is 10.7 Å². The smallest absolute Gasteiger partial charge is 0.131 e. The lowest BCUT2D eigenvalue weighted by Gasteiger charge is -2.14. The van der Waals surface area contributed by atoms with Crippen LogP contribution in [0, 0.1) is 5.82 Å². The molecule has 2 aliphatic heterocycles. The molecule has 0 aliphatic carbocycles. The molecule has 0 amide bonds. The second kappa shape index (κ2) is 6.20. The Balaban J connectivity index is 1.83. The van der Waals surface area contributed by atoms with Gasteiger partial charge in [0.05, 0.1) is 5.36 Å². The molecule has 134 valence electrons. The number of H-pyrrole nitrogens is 1. The predicted molar refractivity (Wildman–Crippen MR) is 105 cm³/mol. The van der Waals surface area contributed by atoms with Gasteiger partial charge in [-0.05, 0) is 35.8 Å². The number of nitrogens with one attached hydrogen (secondary N) is 2. The van der Waals surface area contributed by atoms with Crippen molar-refractivity contribution in [3.63, 3.8) is 0 Å². The van der Waals surface area contributed by atoms with Crippen molar-refractivity contribution in [2.45, 2.75) is 25.8 Å². The lowest BCUT2D eigenvalue weighted by atomic mass is 9.91. The number of hydrogen-bond donors (Lipinski definition) is 2. The van der Waals surface area contributed by atoms with Gasteiger partial charge in [0.25, 0.3) is 0 Å². The molecule has 3 aromatic rings. The van der Waals surface area contributed by atoms with Gasteiger partial charge in [0, 0.05) is 34.7 Å². The van der Waals surface area contributed by atoms with E-state index in [1.54, 1.807) is 0 Å². The number of hydrazone groups is 1.